The Hall–Kier alpha value is -4.50. The standard InChI is InChI=1S/C32H35IN4O8/c1-5-43-27-15-22(30-29(31(39)42-4)19(2)35-32(40)36-30)9-13-25(27)45-18-28(38)37-34-16-21-8-12-24(26(14-21)41-3)44-17-20-6-10-23(33)11-7-20/h6-16,28,30,37-38H,5,17-18H2,1-4H3,(H2,35,36,40)/b34-16-/t28-,30-/m0/s1. The molecule has 0 fully saturated rings. The maximum Gasteiger partial charge on any atom is 0.337 e. The minimum absolute atomic E-state index is 0.151. The van der Waals surface area contributed by atoms with Crippen molar-refractivity contribution in [3.63, 3.8) is 0 Å². The van der Waals surface area contributed by atoms with E-state index >= 15 is 0 Å². The molecule has 0 radical (unpaired) electrons. The van der Waals surface area contributed by atoms with Gasteiger partial charge >= 0.3 is 12.0 Å². The van der Waals surface area contributed by atoms with Gasteiger partial charge in [0.25, 0.3) is 0 Å². The van der Waals surface area contributed by atoms with Crippen LogP contribution in [0.1, 0.15) is 36.6 Å². The van der Waals surface area contributed by atoms with Gasteiger partial charge in [-0.2, -0.15) is 5.10 Å². The van der Waals surface area contributed by atoms with Crippen LogP contribution in [0.3, 0.4) is 0 Å². The van der Waals surface area contributed by atoms with Gasteiger partial charge < -0.3 is 39.4 Å². The first-order valence-corrected chi connectivity index (χ1v) is 15.1. The lowest BCUT2D eigenvalue weighted by molar-refractivity contribution is -0.136. The summed E-state index contributed by atoms with van der Waals surface area (Å²) in [6, 6.07) is 17.3. The highest BCUT2D eigenvalue weighted by Crippen LogP contribution is 2.35. The van der Waals surface area contributed by atoms with Crippen LogP contribution in [0.25, 0.3) is 0 Å². The van der Waals surface area contributed by atoms with E-state index in [2.05, 4.69) is 43.8 Å². The number of carbonyl (C=O) groups is 2. The predicted octanol–water partition coefficient (Wildman–Crippen LogP) is 4.40. The van der Waals surface area contributed by atoms with Crippen molar-refractivity contribution in [3.05, 3.63) is 92.2 Å². The zero-order chi connectivity index (χ0) is 32.3. The molecule has 12 nitrogen and oxygen atoms in total. The van der Waals surface area contributed by atoms with Crippen molar-refractivity contribution < 1.29 is 38.4 Å². The number of allylic oxidation sites excluding steroid dienone is 1. The molecule has 1 aliphatic rings. The molecule has 4 rings (SSSR count). The largest absolute Gasteiger partial charge is 0.493 e. The van der Waals surface area contributed by atoms with Gasteiger partial charge in [0.1, 0.15) is 13.2 Å². The Labute approximate surface area is 274 Å². The normalized spacial score (nSPS) is 15.2. The summed E-state index contributed by atoms with van der Waals surface area (Å²) in [5.74, 6) is 1.31. The van der Waals surface area contributed by atoms with Gasteiger partial charge in [-0.25, -0.2) is 9.59 Å². The number of rotatable bonds is 14. The number of methoxy groups -OCH3 is 2. The molecule has 0 aromatic heterocycles. The molecule has 2 atom stereocenters. The Morgan fingerprint density at radius 2 is 1.76 bits per heavy atom. The van der Waals surface area contributed by atoms with Crippen LogP contribution in [0.4, 0.5) is 4.79 Å². The number of halogens is 1. The minimum atomic E-state index is -1.14. The Morgan fingerprint density at radius 1 is 1.02 bits per heavy atom. The fraction of sp³-hybridized carbons (Fsp3) is 0.281. The second-order valence-electron chi connectivity index (χ2n) is 9.74. The second kappa shape index (κ2) is 16.0. The third kappa shape index (κ3) is 9.01. The summed E-state index contributed by atoms with van der Waals surface area (Å²) >= 11 is 2.26. The van der Waals surface area contributed by atoms with Gasteiger partial charge in [0, 0.05) is 9.27 Å². The Bertz CT molecular complexity index is 1560. The number of hydrogen-bond acceptors (Lipinski definition) is 10. The monoisotopic (exact) mass is 730 g/mol. The molecule has 238 valence electrons. The maximum atomic E-state index is 12.4. The van der Waals surface area contributed by atoms with Gasteiger partial charge in [0.2, 0.25) is 0 Å². The summed E-state index contributed by atoms with van der Waals surface area (Å²) in [6.07, 6.45) is 0.394. The van der Waals surface area contributed by atoms with E-state index in [-0.39, 0.29) is 12.2 Å². The topological polar surface area (TPSA) is 149 Å². The van der Waals surface area contributed by atoms with E-state index in [4.69, 9.17) is 23.7 Å². The zero-order valence-electron chi connectivity index (χ0n) is 25.3. The van der Waals surface area contributed by atoms with Crippen molar-refractivity contribution >= 4 is 40.8 Å². The first-order valence-electron chi connectivity index (χ1n) is 14.0. The van der Waals surface area contributed by atoms with E-state index in [0.29, 0.717) is 47.5 Å². The van der Waals surface area contributed by atoms with Crippen LogP contribution >= 0.6 is 22.6 Å². The highest BCUT2D eigenvalue weighted by Gasteiger charge is 2.32. The van der Waals surface area contributed by atoms with Gasteiger partial charge in [0.05, 0.1) is 38.7 Å². The SMILES string of the molecule is CCOc1cc([C@@H]2NC(=O)NC(C)=C2C(=O)OC)ccc1OC[C@H](O)N/N=C\c1ccc(OCc2ccc(I)cc2)c(OC)c1. The van der Waals surface area contributed by atoms with E-state index in [9.17, 15) is 14.7 Å². The molecule has 0 saturated carbocycles. The van der Waals surface area contributed by atoms with Crippen molar-refractivity contribution in [3.8, 4) is 23.0 Å². The summed E-state index contributed by atoms with van der Waals surface area (Å²) in [5, 5.41) is 19.9. The highest BCUT2D eigenvalue weighted by molar-refractivity contribution is 14.1. The molecular formula is C32H35IN4O8. The lowest BCUT2D eigenvalue weighted by Crippen LogP contribution is -2.45. The van der Waals surface area contributed by atoms with E-state index in [1.54, 1.807) is 44.4 Å². The number of urea groups is 1. The molecule has 45 heavy (non-hydrogen) atoms. The van der Waals surface area contributed by atoms with Gasteiger partial charge in [0.15, 0.2) is 29.2 Å². The van der Waals surface area contributed by atoms with Crippen molar-refractivity contribution in [2.24, 2.45) is 5.10 Å². The fourth-order valence-electron chi connectivity index (χ4n) is 4.45. The first kappa shape index (κ1) is 33.4. The Kier molecular flexibility index (Phi) is 11.9. The molecule has 0 bridgehead atoms. The van der Waals surface area contributed by atoms with Crippen LogP contribution in [0, 0.1) is 3.57 Å². The molecule has 1 heterocycles. The summed E-state index contributed by atoms with van der Waals surface area (Å²) in [7, 11) is 2.84. The molecule has 0 saturated heterocycles. The maximum absolute atomic E-state index is 12.4. The summed E-state index contributed by atoms with van der Waals surface area (Å²) in [5.41, 5.74) is 5.65. The number of hydrazone groups is 1. The molecule has 4 N–H and O–H groups in total. The smallest absolute Gasteiger partial charge is 0.337 e. The van der Waals surface area contributed by atoms with Crippen LogP contribution in [0.5, 0.6) is 23.0 Å². The number of amides is 2. The number of aliphatic hydroxyl groups is 1. The van der Waals surface area contributed by atoms with E-state index < -0.39 is 24.3 Å². The Morgan fingerprint density at radius 3 is 2.47 bits per heavy atom. The molecule has 0 unspecified atom stereocenters. The van der Waals surface area contributed by atoms with Crippen molar-refractivity contribution in [2.75, 3.05) is 27.4 Å². The highest BCUT2D eigenvalue weighted by atomic mass is 127. The van der Waals surface area contributed by atoms with Crippen molar-refractivity contribution in [1.29, 1.82) is 0 Å². The number of nitrogens with zero attached hydrogens (tertiary/aromatic N) is 1. The van der Waals surface area contributed by atoms with Crippen LogP contribution in [0.15, 0.2) is 77.0 Å². The quantitative estimate of drug-likeness (QED) is 0.0623. The van der Waals surface area contributed by atoms with Gasteiger partial charge in [-0.1, -0.05) is 18.2 Å². The number of esters is 1. The predicted molar refractivity (Wildman–Crippen MR) is 175 cm³/mol. The van der Waals surface area contributed by atoms with Crippen LogP contribution < -0.4 is 35.0 Å². The van der Waals surface area contributed by atoms with Gasteiger partial charge in [-0.15, -0.1) is 0 Å². The zero-order valence-corrected chi connectivity index (χ0v) is 27.4. The molecule has 13 heteroatoms. The molecule has 3 aromatic rings. The second-order valence-corrected chi connectivity index (χ2v) is 11.0. The number of hydrogen-bond donors (Lipinski definition) is 4. The molecular weight excluding hydrogens is 695 g/mol. The lowest BCUT2D eigenvalue weighted by atomic mass is 9.95. The van der Waals surface area contributed by atoms with Crippen LogP contribution in [0.2, 0.25) is 0 Å². The Balaban J connectivity index is 1.36. The minimum Gasteiger partial charge on any atom is -0.493 e. The first-order chi connectivity index (χ1) is 21.7. The number of aliphatic hydroxyl groups excluding tert-OH is 1. The molecule has 3 aromatic carbocycles. The third-order valence-electron chi connectivity index (χ3n) is 6.60. The average molecular weight is 731 g/mol. The summed E-state index contributed by atoms with van der Waals surface area (Å²) < 4.78 is 29.0. The molecule has 0 spiro atoms. The lowest BCUT2D eigenvalue weighted by Gasteiger charge is -2.28. The number of benzene rings is 3. The van der Waals surface area contributed by atoms with Crippen LogP contribution in [-0.4, -0.2) is 57.0 Å². The number of carbonyl (C=O) groups excluding carboxylic acids is 2. The molecule has 1 aliphatic heterocycles. The number of ether oxygens (including phenoxy) is 5. The van der Waals surface area contributed by atoms with Gasteiger partial charge in [-0.3, -0.25) is 5.43 Å². The van der Waals surface area contributed by atoms with E-state index in [1.165, 1.54) is 13.3 Å². The fourth-order valence-corrected chi connectivity index (χ4v) is 4.80. The molecule has 0 aliphatic carbocycles. The van der Waals surface area contributed by atoms with E-state index in [1.807, 2.05) is 37.3 Å². The summed E-state index contributed by atoms with van der Waals surface area (Å²) in [4.78, 5) is 24.6. The van der Waals surface area contributed by atoms with Gasteiger partial charge in [-0.05, 0) is 95.6 Å². The molecule has 2 amide bonds. The van der Waals surface area contributed by atoms with Crippen molar-refractivity contribution in [1.82, 2.24) is 16.1 Å². The number of nitrogens with one attached hydrogen (secondary N) is 3. The third-order valence-corrected chi connectivity index (χ3v) is 7.32. The van der Waals surface area contributed by atoms with Crippen molar-refractivity contribution in [2.45, 2.75) is 32.7 Å². The average Bonchev–Trinajstić information content (AvgIpc) is 3.03. The summed E-state index contributed by atoms with van der Waals surface area (Å²) in [6.45, 7) is 4.03. The van der Waals surface area contributed by atoms with Crippen LogP contribution in [-0.2, 0) is 16.1 Å². The van der Waals surface area contributed by atoms with E-state index in [0.717, 1.165) is 14.7 Å².